The molecule has 0 unspecified atom stereocenters. The molecule has 4 rings (SSSR count). The minimum absolute atomic E-state index is 0.0103. The molecule has 0 aliphatic heterocycles. The van der Waals surface area contributed by atoms with Crippen molar-refractivity contribution < 1.29 is 9.66 Å². The number of para-hydroxylation sites is 1. The molecule has 9 nitrogen and oxygen atoms in total. The van der Waals surface area contributed by atoms with Gasteiger partial charge in [0.05, 0.1) is 10.4 Å². The van der Waals surface area contributed by atoms with Gasteiger partial charge in [0, 0.05) is 0 Å². The van der Waals surface area contributed by atoms with Gasteiger partial charge in [0.15, 0.2) is 0 Å². The van der Waals surface area contributed by atoms with Crippen LogP contribution in [0.3, 0.4) is 0 Å². The Balaban J connectivity index is 1.81. The van der Waals surface area contributed by atoms with Crippen molar-refractivity contribution in [3.8, 4) is 17.4 Å². The third kappa shape index (κ3) is 3.06. The number of ether oxygens (including phenoxy) is 1. The molecule has 2 aromatic carbocycles. The SMILES string of the molecule is CCc1ccc(Oc2ncnc(-n3nnc4ccccc43)c2[N+](=O)[O-])cc1. The molecule has 0 saturated carbocycles. The largest absolute Gasteiger partial charge is 0.434 e. The van der Waals surface area contributed by atoms with E-state index in [9.17, 15) is 10.1 Å². The first kappa shape index (κ1) is 16.6. The first-order valence-electron chi connectivity index (χ1n) is 8.24. The van der Waals surface area contributed by atoms with Crippen molar-refractivity contribution in [3.05, 3.63) is 70.5 Å². The van der Waals surface area contributed by atoms with Crippen molar-refractivity contribution in [1.29, 1.82) is 0 Å². The Bertz CT molecular complexity index is 1120. The van der Waals surface area contributed by atoms with Crippen LogP contribution in [0.25, 0.3) is 16.9 Å². The van der Waals surface area contributed by atoms with E-state index >= 15 is 0 Å². The van der Waals surface area contributed by atoms with E-state index in [4.69, 9.17) is 4.74 Å². The van der Waals surface area contributed by atoms with Crippen LogP contribution in [-0.4, -0.2) is 29.9 Å². The molecule has 0 saturated heterocycles. The summed E-state index contributed by atoms with van der Waals surface area (Å²) in [5.41, 5.74) is 1.95. The molecular formula is C18H14N6O3. The van der Waals surface area contributed by atoms with Crippen LogP contribution in [0.2, 0.25) is 0 Å². The number of aromatic nitrogens is 5. The molecular weight excluding hydrogens is 348 g/mol. The van der Waals surface area contributed by atoms with E-state index in [0.717, 1.165) is 12.0 Å². The van der Waals surface area contributed by atoms with E-state index in [1.807, 2.05) is 25.1 Å². The van der Waals surface area contributed by atoms with E-state index in [1.54, 1.807) is 30.3 Å². The molecule has 2 aromatic heterocycles. The summed E-state index contributed by atoms with van der Waals surface area (Å²) in [6.45, 7) is 2.04. The molecule has 134 valence electrons. The quantitative estimate of drug-likeness (QED) is 0.395. The lowest BCUT2D eigenvalue weighted by molar-refractivity contribution is -0.386. The average molecular weight is 362 g/mol. The summed E-state index contributed by atoms with van der Waals surface area (Å²) in [5, 5.41) is 19.8. The molecule has 0 bridgehead atoms. The van der Waals surface area contributed by atoms with Crippen molar-refractivity contribution >= 4 is 16.7 Å². The van der Waals surface area contributed by atoms with E-state index in [2.05, 4.69) is 20.3 Å². The Labute approximate surface area is 153 Å². The van der Waals surface area contributed by atoms with E-state index < -0.39 is 4.92 Å². The molecule has 0 atom stereocenters. The lowest BCUT2D eigenvalue weighted by Crippen LogP contribution is -2.07. The van der Waals surface area contributed by atoms with Crippen LogP contribution < -0.4 is 4.74 Å². The predicted octanol–water partition coefficient (Wildman–Crippen LogP) is 3.47. The highest BCUT2D eigenvalue weighted by molar-refractivity contribution is 5.76. The number of nitrogens with zero attached hydrogens (tertiary/aromatic N) is 6. The predicted molar refractivity (Wildman–Crippen MR) is 97.0 cm³/mol. The Morgan fingerprint density at radius 3 is 2.63 bits per heavy atom. The maximum Gasteiger partial charge on any atom is 0.375 e. The second-order valence-corrected chi connectivity index (χ2v) is 5.70. The standard InChI is InChI=1S/C18H14N6O3/c1-2-12-7-9-13(10-8-12)27-18-16(24(25)26)17(19-11-20-18)23-15-6-4-3-5-14(15)21-22-23/h3-11H,2H2,1H3. The highest BCUT2D eigenvalue weighted by Gasteiger charge is 2.28. The van der Waals surface area contributed by atoms with E-state index in [-0.39, 0.29) is 17.4 Å². The number of benzene rings is 2. The van der Waals surface area contributed by atoms with Crippen LogP contribution in [0.15, 0.2) is 54.9 Å². The van der Waals surface area contributed by atoms with Crippen LogP contribution in [0.5, 0.6) is 11.6 Å². The molecule has 2 heterocycles. The first-order chi connectivity index (χ1) is 13.2. The van der Waals surface area contributed by atoms with E-state index in [0.29, 0.717) is 16.8 Å². The molecule has 9 heteroatoms. The first-order valence-corrected chi connectivity index (χ1v) is 8.24. The minimum atomic E-state index is -0.582. The number of fused-ring (bicyclic) bond motifs is 1. The molecule has 4 aromatic rings. The zero-order chi connectivity index (χ0) is 18.8. The number of aryl methyl sites for hydroxylation is 1. The minimum Gasteiger partial charge on any atom is -0.434 e. The lowest BCUT2D eigenvalue weighted by Gasteiger charge is -2.08. The van der Waals surface area contributed by atoms with Gasteiger partial charge in [0.25, 0.3) is 0 Å². The Morgan fingerprint density at radius 1 is 1.11 bits per heavy atom. The number of nitro groups is 1. The highest BCUT2D eigenvalue weighted by atomic mass is 16.6. The Hall–Kier alpha value is -3.88. The van der Waals surface area contributed by atoms with Gasteiger partial charge in [-0.05, 0) is 36.2 Å². The van der Waals surface area contributed by atoms with Gasteiger partial charge in [-0.1, -0.05) is 36.4 Å². The second kappa shape index (κ2) is 6.79. The van der Waals surface area contributed by atoms with Gasteiger partial charge in [-0.2, -0.15) is 9.67 Å². The summed E-state index contributed by atoms with van der Waals surface area (Å²) in [5.74, 6) is 0.279. The summed E-state index contributed by atoms with van der Waals surface area (Å²) in [6.07, 6.45) is 2.09. The summed E-state index contributed by atoms with van der Waals surface area (Å²) >= 11 is 0. The maximum atomic E-state index is 11.7. The Kier molecular flexibility index (Phi) is 4.17. The molecule has 0 aliphatic carbocycles. The Morgan fingerprint density at radius 2 is 1.89 bits per heavy atom. The fourth-order valence-electron chi connectivity index (χ4n) is 2.67. The molecule has 0 N–H and O–H groups in total. The lowest BCUT2D eigenvalue weighted by atomic mass is 10.2. The average Bonchev–Trinajstić information content (AvgIpc) is 3.12. The topological polar surface area (TPSA) is 109 Å². The number of rotatable bonds is 5. The molecule has 0 radical (unpaired) electrons. The van der Waals surface area contributed by atoms with Gasteiger partial charge in [0.1, 0.15) is 17.6 Å². The van der Waals surface area contributed by atoms with Gasteiger partial charge in [0.2, 0.25) is 5.82 Å². The molecule has 0 amide bonds. The highest BCUT2D eigenvalue weighted by Crippen LogP contribution is 2.33. The van der Waals surface area contributed by atoms with Crippen LogP contribution in [0, 0.1) is 10.1 Å². The van der Waals surface area contributed by atoms with Crippen LogP contribution in [0.4, 0.5) is 5.69 Å². The third-order valence-electron chi connectivity index (χ3n) is 4.05. The zero-order valence-corrected chi connectivity index (χ0v) is 14.3. The van der Waals surface area contributed by atoms with Crippen molar-refractivity contribution in [2.24, 2.45) is 0 Å². The van der Waals surface area contributed by atoms with Crippen LogP contribution in [0.1, 0.15) is 12.5 Å². The normalized spacial score (nSPS) is 10.9. The fraction of sp³-hybridized carbons (Fsp3) is 0.111. The monoisotopic (exact) mass is 362 g/mol. The second-order valence-electron chi connectivity index (χ2n) is 5.70. The van der Waals surface area contributed by atoms with E-state index in [1.165, 1.54) is 11.0 Å². The van der Waals surface area contributed by atoms with Crippen molar-refractivity contribution in [1.82, 2.24) is 25.0 Å². The van der Waals surface area contributed by atoms with Gasteiger partial charge >= 0.3 is 11.6 Å². The fourth-order valence-corrected chi connectivity index (χ4v) is 2.67. The summed E-state index contributed by atoms with van der Waals surface area (Å²) < 4.78 is 6.97. The van der Waals surface area contributed by atoms with Crippen molar-refractivity contribution in [2.75, 3.05) is 0 Å². The molecule has 0 fully saturated rings. The third-order valence-corrected chi connectivity index (χ3v) is 4.05. The van der Waals surface area contributed by atoms with Crippen LogP contribution in [-0.2, 0) is 6.42 Å². The van der Waals surface area contributed by atoms with Crippen molar-refractivity contribution in [3.63, 3.8) is 0 Å². The molecule has 0 aliphatic rings. The summed E-state index contributed by atoms with van der Waals surface area (Å²) in [4.78, 5) is 19.2. The van der Waals surface area contributed by atoms with Gasteiger partial charge < -0.3 is 4.74 Å². The maximum absolute atomic E-state index is 11.7. The zero-order valence-electron chi connectivity index (χ0n) is 14.3. The number of hydrogen-bond donors (Lipinski definition) is 0. The van der Waals surface area contributed by atoms with Gasteiger partial charge in [-0.25, -0.2) is 4.98 Å². The number of hydrogen-bond acceptors (Lipinski definition) is 7. The molecule has 27 heavy (non-hydrogen) atoms. The smallest absolute Gasteiger partial charge is 0.375 e. The van der Waals surface area contributed by atoms with Gasteiger partial charge in [-0.15, -0.1) is 5.10 Å². The molecule has 0 spiro atoms. The van der Waals surface area contributed by atoms with Crippen molar-refractivity contribution in [2.45, 2.75) is 13.3 Å². The van der Waals surface area contributed by atoms with Gasteiger partial charge in [-0.3, -0.25) is 10.1 Å². The summed E-state index contributed by atoms with van der Waals surface area (Å²) in [7, 11) is 0. The van der Waals surface area contributed by atoms with Crippen LogP contribution >= 0.6 is 0 Å². The summed E-state index contributed by atoms with van der Waals surface area (Å²) in [6, 6.07) is 14.4.